The zero-order valence-electron chi connectivity index (χ0n) is 15.9. The molecule has 4 saturated carbocycles. The van der Waals surface area contributed by atoms with Crippen molar-refractivity contribution < 1.29 is 8.42 Å². The van der Waals surface area contributed by atoms with E-state index >= 15 is 0 Å². The van der Waals surface area contributed by atoms with E-state index in [1.165, 1.54) is 32.1 Å². The first-order valence-electron chi connectivity index (χ1n) is 9.84. The van der Waals surface area contributed by atoms with Gasteiger partial charge >= 0.3 is 0 Å². The van der Waals surface area contributed by atoms with Crippen molar-refractivity contribution in [1.82, 2.24) is 4.72 Å². The Balaban J connectivity index is 1.56. The number of nitrogens with one attached hydrogen (secondary N) is 1. The van der Waals surface area contributed by atoms with Crippen LogP contribution in [0.15, 0.2) is 17.0 Å². The lowest BCUT2D eigenvalue weighted by atomic mass is 9.51. The fourth-order valence-electron chi connectivity index (χ4n) is 6.39. The summed E-state index contributed by atoms with van der Waals surface area (Å²) in [6, 6.07) is 3.84. The minimum absolute atomic E-state index is 0.0287. The molecule has 3 nitrogen and oxygen atoms in total. The smallest absolute Gasteiger partial charge is 0.208 e. The fourth-order valence-corrected chi connectivity index (χ4v) is 7.98. The number of sulfonamides is 1. The molecular weight excluding hydrogens is 330 g/mol. The van der Waals surface area contributed by atoms with Gasteiger partial charge in [-0.05, 0) is 112 Å². The van der Waals surface area contributed by atoms with Crippen LogP contribution < -0.4 is 4.72 Å². The first-order chi connectivity index (χ1) is 11.7. The predicted octanol–water partition coefficient (Wildman–Crippen LogP) is 4.35. The molecule has 1 N–H and O–H groups in total. The Morgan fingerprint density at radius 1 is 0.880 bits per heavy atom. The summed E-state index contributed by atoms with van der Waals surface area (Å²) in [6.45, 7) is 8.01. The normalized spacial score (nSPS) is 35.1. The maximum absolute atomic E-state index is 13.1. The first kappa shape index (κ1) is 17.5. The minimum Gasteiger partial charge on any atom is -0.208 e. The van der Waals surface area contributed by atoms with E-state index in [-0.39, 0.29) is 6.04 Å². The summed E-state index contributed by atoms with van der Waals surface area (Å²) in [6.07, 6.45) is 6.74. The van der Waals surface area contributed by atoms with E-state index in [1.807, 2.05) is 32.9 Å². The number of hydrogen-bond donors (Lipinski definition) is 1. The van der Waals surface area contributed by atoms with E-state index in [0.717, 1.165) is 40.4 Å². The molecule has 4 aliphatic rings. The van der Waals surface area contributed by atoms with Gasteiger partial charge in [0.1, 0.15) is 0 Å². The largest absolute Gasteiger partial charge is 0.241 e. The molecule has 0 aromatic heterocycles. The fraction of sp³-hybridized carbons (Fsp3) is 0.714. The third kappa shape index (κ3) is 3.06. The van der Waals surface area contributed by atoms with Crippen LogP contribution in [0, 0.1) is 50.4 Å². The lowest BCUT2D eigenvalue weighted by molar-refractivity contribution is -0.0463. The quantitative estimate of drug-likeness (QED) is 0.866. The van der Waals surface area contributed by atoms with Crippen LogP contribution >= 0.6 is 0 Å². The average Bonchev–Trinajstić information content (AvgIpc) is 2.49. The molecule has 4 heteroatoms. The molecule has 0 aliphatic heterocycles. The highest BCUT2D eigenvalue weighted by Crippen LogP contribution is 2.57. The highest BCUT2D eigenvalue weighted by atomic mass is 32.2. The molecule has 1 aromatic rings. The summed E-state index contributed by atoms with van der Waals surface area (Å²) in [4.78, 5) is 0.450. The molecule has 1 aromatic carbocycles. The molecule has 4 aliphatic carbocycles. The molecular formula is C21H31NO2S. The van der Waals surface area contributed by atoms with Crippen LogP contribution in [0.1, 0.15) is 55.7 Å². The van der Waals surface area contributed by atoms with Gasteiger partial charge in [0.2, 0.25) is 10.0 Å². The summed E-state index contributed by atoms with van der Waals surface area (Å²) in [5.41, 5.74) is 3.02. The van der Waals surface area contributed by atoms with E-state index in [9.17, 15) is 8.42 Å². The first-order valence-corrected chi connectivity index (χ1v) is 11.3. The molecule has 1 unspecified atom stereocenters. The van der Waals surface area contributed by atoms with Crippen molar-refractivity contribution in [2.24, 2.45) is 29.6 Å². The molecule has 1 atom stereocenters. The van der Waals surface area contributed by atoms with Gasteiger partial charge in [-0.3, -0.25) is 0 Å². The highest BCUT2D eigenvalue weighted by molar-refractivity contribution is 7.89. The van der Waals surface area contributed by atoms with Crippen molar-refractivity contribution in [2.75, 3.05) is 0 Å². The van der Waals surface area contributed by atoms with Crippen molar-refractivity contribution in [3.63, 3.8) is 0 Å². The van der Waals surface area contributed by atoms with Crippen LogP contribution in [0.4, 0.5) is 0 Å². The molecule has 5 rings (SSSR count). The zero-order chi connectivity index (χ0) is 17.9. The second-order valence-electron chi connectivity index (χ2n) is 9.12. The third-order valence-corrected chi connectivity index (χ3v) is 9.00. The van der Waals surface area contributed by atoms with Crippen LogP contribution in [0.25, 0.3) is 0 Å². The van der Waals surface area contributed by atoms with Gasteiger partial charge in [-0.25, -0.2) is 13.1 Å². The number of rotatable bonds is 4. The molecule has 0 saturated heterocycles. The Hall–Kier alpha value is -0.870. The molecule has 4 bridgehead atoms. The average molecular weight is 362 g/mol. The summed E-state index contributed by atoms with van der Waals surface area (Å²) in [5.74, 6) is 3.83. The molecule has 0 spiro atoms. The topological polar surface area (TPSA) is 46.2 Å². The SMILES string of the molecule is Cc1cc(C)c(S(=O)(=O)NC(C)C2C3CC4CC(C3)CC2C4)cc1C. The molecule has 0 radical (unpaired) electrons. The zero-order valence-corrected chi connectivity index (χ0v) is 16.7. The maximum Gasteiger partial charge on any atom is 0.241 e. The van der Waals surface area contributed by atoms with E-state index in [1.54, 1.807) is 0 Å². The lowest BCUT2D eigenvalue weighted by Crippen LogP contribution is -2.53. The van der Waals surface area contributed by atoms with Crippen LogP contribution in [0.2, 0.25) is 0 Å². The molecule has 138 valence electrons. The van der Waals surface area contributed by atoms with E-state index in [0.29, 0.717) is 10.8 Å². The summed E-state index contributed by atoms with van der Waals surface area (Å²) in [7, 11) is -3.46. The van der Waals surface area contributed by atoms with Crippen LogP contribution in [-0.4, -0.2) is 14.5 Å². The Labute approximate surface area is 152 Å². The molecule has 0 amide bonds. The molecule has 0 heterocycles. The van der Waals surface area contributed by atoms with Gasteiger partial charge in [0, 0.05) is 6.04 Å². The third-order valence-electron chi connectivity index (χ3n) is 7.30. The Kier molecular flexibility index (Phi) is 4.27. The standard InChI is InChI=1S/C21H31NO2S/c1-12-5-14(3)20(6-13(12)2)25(23,24)22-15(4)21-18-8-16-7-17(10-18)11-19(21)9-16/h5-6,15-19,21-22H,7-11H2,1-4H3. The monoisotopic (exact) mass is 361 g/mol. The second-order valence-corrected chi connectivity index (χ2v) is 10.8. The van der Waals surface area contributed by atoms with Gasteiger partial charge in [-0.1, -0.05) is 6.07 Å². The van der Waals surface area contributed by atoms with Crippen LogP contribution in [0.5, 0.6) is 0 Å². The van der Waals surface area contributed by atoms with Crippen LogP contribution in [-0.2, 0) is 10.0 Å². The van der Waals surface area contributed by atoms with E-state index < -0.39 is 10.0 Å². The van der Waals surface area contributed by atoms with Crippen LogP contribution in [0.3, 0.4) is 0 Å². The van der Waals surface area contributed by atoms with Crippen molar-refractivity contribution in [1.29, 1.82) is 0 Å². The van der Waals surface area contributed by atoms with Gasteiger partial charge in [-0.15, -0.1) is 0 Å². The van der Waals surface area contributed by atoms with Crippen molar-refractivity contribution in [2.45, 2.75) is 70.7 Å². The highest BCUT2D eigenvalue weighted by Gasteiger charge is 2.50. The van der Waals surface area contributed by atoms with Gasteiger partial charge in [-0.2, -0.15) is 0 Å². The van der Waals surface area contributed by atoms with Crippen molar-refractivity contribution >= 4 is 10.0 Å². The lowest BCUT2D eigenvalue weighted by Gasteiger charge is -2.56. The van der Waals surface area contributed by atoms with E-state index in [2.05, 4.69) is 11.6 Å². The summed E-state index contributed by atoms with van der Waals surface area (Å²) in [5, 5.41) is 0. The number of hydrogen-bond acceptors (Lipinski definition) is 2. The van der Waals surface area contributed by atoms with Gasteiger partial charge in [0.15, 0.2) is 0 Å². The minimum atomic E-state index is -3.46. The second kappa shape index (κ2) is 6.09. The molecule has 25 heavy (non-hydrogen) atoms. The number of benzene rings is 1. The summed E-state index contributed by atoms with van der Waals surface area (Å²) < 4.78 is 29.2. The Bertz CT molecular complexity index is 755. The number of aryl methyl sites for hydroxylation is 3. The van der Waals surface area contributed by atoms with Gasteiger partial charge < -0.3 is 0 Å². The maximum atomic E-state index is 13.1. The van der Waals surface area contributed by atoms with Crippen molar-refractivity contribution in [3.8, 4) is 0 Å². The Morgan fingerprint density at radius 3 is 1.96 bits per heavy atom. The molecule has 4 fully saturated rings. The van der Waals surface area contributed by atoms with Crippen molar-refractivity contribution in [3.05, 3.63) is 28.8 Å². The summed E-state index contributed by atoms with van der Waals surface area (Å²) >= 11 is 0. The van der Waals surface area contributed by atoms with Gasteiger partial charge in [0.25, 0.3) is 0 Å². The predicted molar refractivity (Wildman–Crippen MR) is 101 cm³/mol. The Morgan fingerprint density at radius 2 is 1.40 bits per heavy atom. The van der Waals surface area contributed by atoms with Gasteiger partial charge in [0.05, 0.1) is 4.90 Å². The van der Waals surface area contributed by atoms with E-state index in [4.69, 9.17) is 0 Å².